The van der Waals surface area contributed by atoms with Gasteiger partial charge >= 0.3 is 0 Å². The van der Waals surface area contributed by atoms with Gasteiger partial charge in [0.25, 0.3) is 0 Å². The molecule has 0 aromatic carbocycles. The van der Waals surface area contributed by atoms with Crippen molar-refractivity contribution in [2.45, 2.75) is 0 Å². The van der Waals surface area contributed by atoms with Gasteiger partial charge in [0.15, 0.2) is 0 Å². The van der Waals surface area contributed by atoms with E-state index < -0.39 is 0 Å². The van der Waals surface area contributed by atoms with Crippen molar-refractivity contribution in [3.8, 4) is 0 Å². The van der Waals surface area contributed by atoms with Gasteiger partial charge in [-0.1, -0.05) is 44.0 Å². The van der Waals surface area contributed by atoms with Gasteiger partial charge in [0.2, 0.25) is 0 Å². The number of methoxy groups -OCH3 is 1. The molecule has 0 amide bonds. The van der Waals surface area contributed by atoms with Gasteiger partial charge in [-0.2, -0.15) is 0 Å². The minimum absolute atomic E-state index is 0.388. The highest BCUT2D eigenvalue weighted by Crippen LogP contribution is 2.31. The Morgan fingerprint density at radius 2 is 2.25 bits per heavy atom. The summed E-state index contributed by atoms with van der Waals surface area (Å²) in [4.78, 5) is 0. The molecule has 0 heterocycles. The lowest BCUT2D eigenvalue weighted by molar-refractivity contribution is 0.254. The number of halogens is 2. The van der Waals surface area contributed by atoms with Crippen LogP contribution in [0, 0.1) is 11.8 Å². The molecule has 0 saturated heterocycles. The van der Waals surface area contributed by atoms with E-state index in [2.05, 4.69) is 37.9 Å². The molecule has 1 nitrogen and oxygen atoms in total. The lowest BCUT2D eigenvalue weighted by atomic mass is 9.90. The van der Waals surface area contributed by atoms with Crippen LogP contribution in [-0.4, -0.2) is 17.8 Å². The summed E-state index contributed by atoms with van der Waals surface area (Å²) < 4.78 is 5.26. The zero-order valence-corrected chi connectivity index (χ0v) is 10.1. The van der Waals surface area contributed by atoms with E-state index in [0.717, 1.165) is 16.4 Å². The molecular weight excluding hydrogens is 284 g/mol. The molecule has 1 radical (unpaired) electrons. The molecule has 12 heavy (non-hydrogen) atoms. The molecule has 1 atom stereocenters. The highest BCUT2D eigenvalue weighted by Gasteiger charge is 2.24. The van der Waals surface area contributed by atoms with Crippen LogP contribution in [0.4, 0.5) is 0 Å². The van der Waals surface area contributed by atoms with Crippen LogP contribution in [-0.2, 0) is 4.74 Å². The van der Waals surface area contributed by atoms with Crippen molar-refractivity contribution in [3.05, 3.63) is 29.9 Å². The van der Waals surface area contributed by atoms with Gasteiger partial charge in [0.05, 0.1) is 7.11 Å². The molecule has 67 valence electrons. The monoisotopic (exact) mass is 293 g/mol. The van der Waals surface area contributed by atoms with Gasteiger partial charge in [-0.15, -0.1) is 0 Å². The Labute approximate surface area is 90.1 Å². The maximum absolute atomic E-state index is 5.26. The third-order valence-electron chi connectivity index (χ3n) is 1.91. The maximum Gasteiger partial charge on any atom is 0.100 e. The first kappa shape index (κ1) is 10.3. The summed E-state index contributed by atoms with van der Waals surface area (Å²) in [7, 11) is 1.71. The molecule has 1 rings (SSSR count). The predicted octanol–water partition coefficient (Wildman–Crippen LogP) is 3.07. The van der Waals surface area contributed by atoms with Gasteiger partial charge in [-0.05, 0) is 6.08 Å². The summed E-state index contributed by atoms with van der Waals surface area (Å²) >= 11 is 6.93. The van der Waals surface area contributed by atoms with E-state index in [1.54, 1.807) is 7.11 Å². The number of ether oxygens (including phenoxy) is 1. The Bertz CT molecular complexity index is 199. The van der Waals surface area contributed by atoms with Crippen LogP contribution in [0.5, 0.6) is 0 Å². The van der Waals surface area contributed by atoms with E-state index >= 15 is 0 Å². The van der Waals surface area contributed by atoms with E-state index in [0.29, 0.717) is 5.92 Å². The smallest absolute Gasteiger partial charge is 0.100 e. The molecule has 0 fully saturated rings. The molecule has 0 saturated carbocycles. The van der Waals surface area contributed by atoms with Crippen LogP contribution in [0.15, 0.2) is 24.0 Å². The number of alkyl halides is 2. The Balaban J connectivity index is 2.73. The molecule has 3 heteroatoms. The summed E-state index contributed by atoms with van der Waals surface area (Å²) in [5.41, 5.74) is 0. The second kappa shape index (κ2) is 5.07. The second-order valence-corrected chi connectivity index (χ2v) is 3.76. The third kappa shape index (κ3) is 2.13. The highest BCUT2D eigenvalue weighted by atomic mass is 79.9. The fourth-order valence-electron chi connectivity index (χ4n) is 1.20. The number of hydrogen-bond acceptors (Lipinski definition) is 1. The summed E-state index contributed by atoms with van der Waals surface area (Å²) in [6, 6.07) is 0. The molecule has 0 N–H and O–H groups in total. The standard InChI is InChI=1S/C9H11Br2O/c1-12-9-4-2-3-7(5-10)8(9)6-11/h2-4,8H,5-6H2,1H3. The Hall–Kier alpha value is 0.240. The van der Waals surface area contributed by atoms with Crippen molar-refractivity contribution in [1.29, 1.82) is 0 Å². The zero-order chi connectivity index (χ0) is 8.97. The fraction of sp³-hybridized carbons (Fsp3) is 0.444. The van der Waals surface area contributed by atoms with Gasteiger partial charge < -0.3 is 4.74 Å². The quantitative estimate of drug-likeness (QED) is 0.727. The summed E-state index contributed by atoms with van der Waals surface area (Å²) in [6.45, 7) is 0. The molecule has 0 bridgehead atoms. The van der Waals surface area contributed by atoms with Gasteiger partial charge in [-0.3, -0.25) is 0 Å². The molecule has 1 aliphatic rings. The van der Waals surface area contributed by atoms with Crippen molar-refractivity contribution < 1.29 is 4.74 Å². The van der Waals surface area contributed by atoms with E-state index in [1.165, 1.54) is 5.92 Å². The van der Waals surface area contributed by atoms with Crippen molar-refractivity contribution in [3.63, 3.8) is 0 Å². The fourth-order valence-corrected chi connectivity index (χ4v) is 2.52. The molecule has 0 aromatic heterocycles. The van der Waals surface area contributed by atoms with Crippen LogP contribution < -0.4 is 0 Å². The summed E-state index contributed by atoms with van der Waals surface area (Å²) in [5, 5.41) is 1.82. The summed E-state index contributed by atoms with van der Waals surface area (Å²) in [6.07, 6.45) is 6.16. The van der Waals surface area contributed by atoms with E-state index in [-0.39, 0.29) is 0 Å². The lowest BCUT2D eigenvalue weighted by Crippen LogP contribution is -2.19. The molecule has 1 unspecified atom stereocenters. The zero-order valence-electron chi connectivity index (χ0n) is 6.89. The third-order valence-corrected chi connectivity index (χ3v) is 3.20. The normalized spacial score (nSPS) is 23.9. The Kier molecular flexibility index (Phi) is 4.36. The maximum atomic E-state index is 5.26. The highest BCUT2D eigenvalue weighted by molar-refractivity contribution is 9.09. The van der Waals surface area contributed by atoms with Gasteiger partial charge in [-0.25, -0.2) is 0 Å². The molecule has 0 spiro atoms. The van der Waals surface area contributed by atoms with Crippen molar-refractivity contribution in [2.24, 2.45) is 5.92 Å². The molecule has 0 aromatic rings. The average Bonchev–Trinajstić information content (AvgIpc) is 2.16. The van der Waals surface area contributed by atoms with Crippen LogP contribution in [0.1, 0.15) is 0 Å². The van der Waals surface area contributed by atoms with E-state index in [9.17, 15) is 0 Å². The summed E-state index contributed by atoms with van der Waals surface area (Å²) in [5.74, 6) is 2.77. The van der Waals surface area contributed by atoms with Gasteiger partial charge in [0, 0.05) is 22.5 Å². The average molecular weight is 295 g/mol. The first-order valence-corrected chi connectivity index (χ1v) is 5.97. The SMILES string of the molecule is COC1=CC=C[C](CBr)C1CBr. The topological polar surface area (TPSA) is 9.23 Å². The molecule has 0 aliphatic heterocycles. The number of hydrogen-bond donors (Lipinski definition) is 0. The lowest BCUT2D eigenvalue weighted by Gasteiger charge is -2.24. The van der Waals surface area contributed by atoms with Crippen molar-refractivity contribution >= 4 is 31.9 Å². The van der Waals surface area contributed by atoms with Crippen LogP contribution in [0.3, 0.4) is 0 Å². The van der Waals surface area contributed by atoms with Crippen LogP contribution in [0.2, 0.25) is 0 Å². The predicted molar refractivity (Wildman–Crippen MR) is 58.6 cm³/mol. The Morgan fingerprint density at radius 1 is 1.50 bits per heavy atom. The van der Waals surface area contributed by atoms with E-state index in [4.69, 9.17) is 4.74 Å². The Morgan fingerprint density at radius 3 is 2.75 bits per heavy atom. The molecule has 1 aliphatic carbocycles. The minimum Gasteiger partial charge on any atom is -0.501 e. The first-order chi connectivity index (χ1) is 5.83. The minimum atomic E-state index is 0.388. The van der Waals surface area contributed by atoms with Gasteiger partial charge in [0.1, 0.15) is 5.76 Å². The van der Waals surface area contributed by atoms with Crippen molar-refractivity contribution in [2.75, 3.05) is 17.8 Å². The molecular formula is C9H11Br2O. The largest absolute Gasteiger partial charge is 0.501 e. The second-order valence-electron chi connectivity index (χ2n) is 2.55. The number of rotatable bonds is 3. The van der Waals surface area contributed by atoms with E-state index in [1.807, 2.05) is 12.2 Å². The number of allylic oxidation sites excluding steroid dienone is 4. The van der Waals surface area contributed by atoms with Crippen LogP contribution in [0.25, 0.3) is 0 Å². The van der Waals surface area contributed by atoms with Crippen molar-refractivity contribution in [1.82, 2.24) is 0 Å². The first-order valence-electron chi connectivity index (χ1n) is 3.73. The van der Waals surface area contributed by atoms with Crippen LogP contribution >= 0.6 is 31.9 Å².